The van der Waals surface area contributed by atoms with Crippen LogP contribution in [0.3, 0.4) is 0 Å². The van der Waals surface area contributed by atoms with Gasteiger partial charge in [-0.05, 0) is 56.4 Å². The molecular weight excluding hydrogens is 336 g/mol. The minimum absolute atomic E-state index is 0.0976. The Bertz CT molecular complexity index is 748. The van der Waals surface area contributed by atoms with E-state index in [0.29, 0.717) is 30.1 Å². The second-order valence-corrected chi connectivity index (χ2v) is 9.48. The monoisotopic (exact) mass is 366 g/mol. The van der Waals surface area contributed by atoms with Crippen molar-refractivity contribution in [1.29, 1.82) is 0 Å². The van der Waals surface area contributed by atoms with E-state index < -0.39 is 15.4 Å². The molecule has 0 unspecified atom stereocenters. The molecule has 5 nitrogen and oxygen atoms in total. The van der Waals surface area contributed by atoms with Gasteiger partial charge in [-0.25, -0.2) is 8.42 Å². The molecule has 0 aliphatic carbocycles. The SMILES string of the molecule is CCC(C)(C)C(=O)Nc1cc(C)c(C)c(S(=O)(=O)N2CCCCC2)c1. The van der Waals surface area contributed by atoms with Gasteiger partial charge in [0.1, 0.15) is 0 Å². The summed E-state index contributed by atoms with van der Waals surface area (Å²) in [4.78, 5) is 12.8. The van der Waals surface area contributed by atoms with Crippen LogP contribution >= 0.6 is 0 Å². The summed E-state index contributed by atoms with van der Waals surface area (Å²) in [7, 11) is -3.53. The first-order valence-corrected chi connectivity index (χ1v) is 10.5. The number of nitrogens with one attached hydrogen (secondary N) is 1. The second-order valence-electron chi connectivity index (χ2n) is 7.57. The molecule has 6 heteroatoms. The number of hydrogen-bond acceptors (Lipinski definition) is 3. The number of aryl methyl sites for hydroxylation is 1. The minimum atomic E-state index is -3.53. The topological polar surface area (TPSA) is 66.5 Å². The summed E-state index contributed by atoms with van der Waals surface area (Å²) in [6.45, 7) is 10.6. The third-order valence-electron chi connectivity index (χ3n) is 5.31. The molecule has 0 bridgehead atoms. The van der Waals surface area contributed by atoms with Crippen LogP contribution in [0, 0.1) is 19.3 Å². The summed E-state index contributed by atoms with van der Waals surface area (Å²) in [5.41, 5.74) is 1.66. The van der Waals surface area contributed by atoms with Gasteiger partial charge in [0.15, 0.2) is 0 Å². The number of amides is 1. The molecule has 140 valence electrons. The number of piperidine rings is 1. The molecule has 0 aromatic heterocycles. The van der Waals surface area contributed by atoms with Gasteiger partial charge in [-0.15, -0.1) is 0 Å². The fraction of sp³-hybridized carbons (Fsp3) is 0.632. The van der Waals surface area contributed by atoms with Gasteiger partial charge >= 0.3 is 0 Å². The molecule has 2 rings (SSSR count). The predicted molar refractivity (Wildman–Crippen MR) is 101 cm³/mol. The van der Waals surface area contributed by atoms with Crippen molar-refractivity contribution in [2.24, 2.45) is 5.41 Å². The van der Waals surface area contributed by atoms with Crippen molar-refractivity contribution in [2.45, 2.75) is 65.2 Å². The summed E-state index contributed by atoms with van der Waals surface area (Å²) < 4.78 is 27.7. The molecule has 1 saturated heterocycles. The molecular formula is C19H30N2O3S. The van der Waals surface area contributed by atoms with E-state index in [9.17, 15) is 13.2 Å². The van der Waals surface area contributed by atoms with Gasteiger partial charge in [0, 0.05) is 24.2 Å². The van der Waals surface area contributed by atoms with E-state index in [0.717, 1.165) is 30.4 Å². The van der Waals surface area contributed by atoms with Crippen LogP contribution in [0.25, 0.3) is 0 Å². The maximum atomic E-state index is 13.1. The van der Waals surface area contributed by atoms with Gasteiger partial charge in [-0.3, -0.25) is 4.79 Å². The lowest BCUT2D eigenvalue weighted by Gasteiger charge is -2.27. The Hall–Kier alpha value is -1.40. The van der Waals surface area contributed by atoms with Gasteiger partial charge in [-0.1, -0.05) is 27.2 Å². The van der Waals surface area contributed by atoms with Gasteiger partial charge in [0.2, 0.25) is 15.9 Å². The van der Waals surface area contributed by atoms with Crippen molar-refractivity contribution in [1.82, 2.24) is 4.31 Å². The van der Waals surface area contributed by atoms with E-state index in [1.807, 2.05) is 40.7 Å². The highest BCUT2D eigenvalue weighted by Crippen LogP contribution is 2.30. The Morgan fingerprint density at radius 1 is 1.16 bits per heavy atom. The fourth-order valence-corrected chi connectivity index (χ4v) is 4.71. The lowest BCUT2D eigenvalue weighted by Crippen LogP contribution is -2.36. The van der Waals surface area contributed by atoms with Crippen LogP contribution < -0.4 is 5.32 Å². The van der Waals surface area contributed by atoms with E-state index in [1.165, 1.54) is 0 Å². The number of sulfonamides is 1. The number of carbonyl (C=O) groups excluding carboxylic acids is 1. The molecule has 0 radical (unpaired) electrons. The van der Waals surface area contributed by atoms with E-state index in [2.05, 4.69) is 5.32 Å². The largest absolute Gasteiger partial charge is 0.326 e. The third kappa shape index (κ3) is 4.23. The van der Waals surface area contributed by atoms with Gasteiger partial charge in [0.05, 0.1) is 4.90 Å². The second kappa shape index (κ2) is 7.46. The summed E-state index contributed by atoms with van der Waals surface area (Å²) in [6, 6.07) is 3.45. The standard InChI is InChI=1S/C19H30N2O3S/c1-6-19(4,5)18(22)20-16-12-14(2)15(3)17(13-16)25(23,24)21-10-8-7-9-11-21/h12-13H,6-11H2,1-5H3,(H,20,22). The molecule has 1 fully saturated rings. The lowest BCUT2D eigenvalue weighted by atomic mass is 9.89. The van der Waals surface area contributed by atoms with Crippen LogP contribution in [-0.2, 0) is 14.8 Å². The third-order valence-corrected chi connectivity index (χ3v) is 7.33. The molecule has 25 heavy (non-hydrogen) atoms. The van der Waals surface area contributed by atoms with Crippen molar-refractivity contribution < 1.29 is 13.2 Å². The van der Waals surface area contributed by atoms with Crippen molar-refractivity contribution in [2.75, 3.05) is 18.4 Å². The average molecular weight is 367 g/mol. The highest BCUT2D eigenvalue weighted by Gasteiger charge is 2.29. The summed E-state index contributed by atoms with van der Waals surface area (Å²) in [5, 5.41) is 2.89. The smallest absolute Gasteiger partial charge is 0.243 e. The first kappa shape index (κ1) is 19.9. The molecule has 0 saturated carbocycles. The maximum absolute atomic E-state index is 13.1. The zero-order chi connectivity index (χ0) is 18.8. The van der Waals surface area contributed by atoms with Crippen molar-refractivity contribution >= 4 is 21.6 Å². The minimum Gasteiger partial charge on any atom is -0.326 e. The molecule has 0 atom stereocenters. The number of anilines is 1. The van der Waals surface area contributed by atoms with Crippen LogP contribution in [-0.4, -0.2) is 31.7 Å². The van der Waals surface area contributed by atoms with Crippen molar-refractivity contribution in [3.63, 3.8) is 0 Å². The van der Waals surface area contributed by atoms with Crippen LogP contribution in [0.4, 0.5) is 5.69 Å². The molecule has 1 aromatic carbocycles. The zero-order valence-electron chi connectivity index (χ0n) is 16.0. The molecule has 1 heterocycles. The number of nitrogens with zero attached hydrogens (tertiary/aromatic N) is 1. The number of benzene rings is 1. The summed E-state index contributed by atoms with van der Waals surface area (Å²) >= 11 is 0. The maximum Gasteiger partial charge on any atom is 0.243 e. The fourth-order valence-electron chi connectivity index (χ4n) is 2.87. The summed E-state index contributed by atoms with van der Waals surface area (Å²) in [6.07, 6.45) is 3.59. The Morgan fingerprint density at radius 2 is 1.76 bits per heavy atom. The van der Waals surface area contributed by atoms with Crippen LogP contribution in [0.15, 0.2) is 17.0 Å². The Kier molecular flexibility index (Phi) is 5.94. The van der Waals surface area contributed by atoms with E-state index in [-0.39, 0.29) is 5.91 Å². The quantitative estimate of drug-likeness (QED) is 0.860. The summed E-state index contributed by atoms with van der Waals surface area (Å²) in [5.74, 6) is -0.0976. The predicted octanol–water partition coefficient (Wildman–Crippen LogP) is 3.85. The first-order valence-electron chi connectivity index (χ1n) is 9.02. The Morgan fingerprint density at radius 3 is 2.32 bits per heavy atom. The number of rotatable bonds is 5. The molecule has 1 amide bonds. The Balaban J connectivity index is 2.39. The van der Waals surface area contributed by atoms with Crippen molar-refractivity contribution in [3.05, 3.63) is 23.3 Å². The molecule has 1 N–H and O–H groups in total. The molecule has 0 spiro atoms. The normalized spacial score (nSPS) is 16.7. The van der Waals surface area contributed by atoms with E-state index >= 15 is 0 Å². The highest BCUT2D eigenvalue weighted by atomic mass is 32.2. The Labute approximate surface area is 151 Å². The van der Waals surface area contributed by atoms with Crippen LogP contribution in [0.1, 0.15) is 57.6 Å². The zero-order valence-corrected chi connectivity index (χ0v) is 16.8. The first-order chi connectivity index (χ1) is 11.6. The van der Waals surface area contributed by atoms with E-state index in [1.54, 1.807) is 10.4 Å². The number of hydrogen-bond donors (Lipinski definition) is 1. The van der Waals surface area contributed by atoms with Gasteiger partial charge < -0.3 is 5.32 Å². The van der Waals surface area contributed by atoms with Gasteiger partial charge in [0.25, 0.3) is 0 Å². The molecule has 1 aromatic rings. The van der Waals surface area contributed by atoms with Crippen LogP contribution in [0.5, 0.6) is 0 Å². The van der Waals surface area contributed by atoms with Crippen LogP contribution in [0.2, 0.25) is 0 Å². The van der Waals surface area contributed by atoms with E-state index in [4.69, 9.17) is 0 Å². The highest BCUT2D eigenvalue weighted by molar-refractivity contribution is 7.89. The molecule has 1 aliphatic heterocycles. The number of carbonyl (C=O) groups is 1. The average Bonchev–Trinajstić information content (AvgIpc) is 2.58. The van der Waals surface area contributed by atoms with Gasteiger partial charge in [-0.2, -0.15) is 4.31 Å². The molecule has 1 aliphatic rings. The lowest BCUT2D eigenvalue weighted by molar-refractivity contribution is -0.124. The van der Waals surface area contributed by atoms with Crippen molar-refractivity contribution in [3.8, 4) is 0 Å².